The first-order chi connectivity index (χ1) is 16.9. The molecule has 1 N–H and O–H groups in total. The number of rotatable bonds is 6. The number of halogens is 2. The van der Waals surface area contributed by atoms with Gasteiger partial charge in [0.25, 0.3) is 11.8 Å². The summed E-state index contributed by atoms with van der Waals surface area (Å²) in [7, 11) is 3.09. The van der Waals surface area contributed by atoms with Crippen molar-refractivity contribution < 1.29 is 19.1 Å². The Balaban J connectivity index is 1.58. The fourth-order valence-corrected chi connectivity index (χ4v) is 4.75. The molecule has 0 bridgehead atoms. The van der Waals surface area contributed by atoms with Crippen LogP contribution in [0.2, 0.25) is 10.0 Å². The van der Waals surface area contributed by atoms with Crippen molar-refractivity contribution in [1.82, 2.24) is 10.2 Å². The van der Waals surface area contributed by atoms with E-state index in [1.807, 2.05) is 24.3 Å². The number of likely N-dealkylation sites (tertiary alicyclic amines) is 1. The van der Waals surface area contributed by atoms with Crippen LogP contribution in [0.15, 0.2) is 66.7 Å². The molecule has 35 heavy (non-hydrogen) atoms. The molecule has 2 amide bonds. The Morgan fingerprint density at radius 1 is 0.943 bits per heavy atom. The van der Waals surface area contributed by atoms with Crippen LogP contribution >= 0.6 is 23.2 Å². The Kier molecular flexibility index (Phi) is 7.83. The van der Waals surface area contributed by atoms with Gasteiger partial charge in [0.05, 0.1) is 24.8 Å². The normalized spacial score (nSPS) is 17.5. The summed E-state index contributed by atoms with van der Waals surface area (Å²) in [6.45, 7) is 0.924. The predicted molar refractivity (Wildman–Crippen MR) is 137 cm³/mol. The van der Waals surface area contributed by atoms with Crippen LogP contribution in [0.3, 0.4) is 0 Å². The van der Waals surface area contributed by atoms with Crippen molar-refractivity contribution in [3.05, 3.63) is 93.5 Å². The maximum absolute atomic E-state index is 13.4. The Morgan fingerprint density at radius 3 is 2.34 bits per heavy atom. The van der Waals surface area contributed by atoms with Crippen LogP contribution in [0, 0.1) is 0 Å². The monoisotopic (exact) mass is 512 g/mol. The minimum atomic E-state index is -0.237. The third kappa shape index (κ3) is 5.55. The number of benzene rings is 3. The van der Waals surface area contributed by atoms with E-state index in [0.29, 0.717) is 52.2 Å². The number of nitrogens with zero attached hydrogens (tertiary/aromatic N) is 1. The molecule has 0 spiro atoms. The van der Waals surface area contributed by atoms with Crippen LogP contribution in [-0.2, 0) is 0 Å². The van der Waals surface area contributed by atoms with E-state index in [-0.39, 0.29) is 23.8 Å². The van der Waals surface area contributed by atoms with Gasteiger partial charge in [0, 0.05) is 35.6 Å². The van der Waals surface area contributed by atoms with E-state index in [1.165, 1.54) is 7.11 Å². The average molecular weight is 513 g/mol. The molecular formula is C27H26Cl2N2O4. The summed E-state index contributed by atoms with van der Waals surface area (Å²) in [4.78, 5) is 28.2. The first kappa shape index (κ1) is 24.9. The van der Waals surface area contributed by atoms with E-state index >= 15 is 0 Å². The Bertz CT molecular complexity index is 1220. The van der Waals surface area contributed by atoms with Crippen molar-refractivity contribution in [2.24, 2.45) is 0 Å². The summed E-state index contributed by atoms with van der Waals surface area (Å²) in [5, 5.41) is 4.16. The van der Waals surface area contributed by atoms with Crippen LogP contribution in [-0.4, -0.2) is 50.1 Å². The van der Waals surface area contributed by atoms with Gasteiger partial charge in [-0.05, 0) is 54.4 Å². The predicted octanol–water partition coefficient (Wildman–Crippen LogP) is 5.44. The average Bonchev–Trinajstić information content (AvgIpc) is 2.88. The molecular weight excluding hydrogens is 487 g/mol. The van der Waals surface area contributed by atoms with Gasteiger partial charge in [0.1, 0.15) is 0 Å². The second-order valence-electron chi connectivity index (χ2n) is 8.33. The van der Waals surface area contributed by atoms with E-state index < -0.39 is 0 Å². The van der Waals surface area contributed by atoms with Gasteiger partial charge in [-0.15, -0.1) is 0 Å². The molecule has 1 aliphatic heterocycles. The number of hydrogen-bond acceptors (Lipinski definition) is 4. The molecule has 0 saturated carbocycles. The maximum atomic E-state index is 13.4. The lowest BCUT2D eigenvalue weighted by atomic mass is 9.85. The molecule has 4 rings (SSSR count). The molecule has 182 valence electrons. The van der Waals surface area contributed by atoms with Crippen molar-refractivity contribution >= 4 is 35.0 Å². The third-order valence-electron chi connectivity index (χ3n) is 6.26. The highest BCUT2D eigenvalue weighted by atomic mass is 35.5. The van der Waals surface area contributed by atoms with Crippen LogP contribution in [0.1, 0.15) is 38.6 Å². The molecule has 1 heterocycles. The Labute approximate surface area is 214 Å². The number of carbonyl (C=O) groups excluding carboxylic acids is 2. The number of nitrogens with one attached hydrogen (secondary N) is 1. The number of ether oxygens (including phenoxy) is 2. The zero-order valence-electron chi connectivity index (χ0n) is 19.5. The first-order valence-electron chi connectivity index (χ1n) is 11.2. The molecule has 6 nitrogen and oxygen atoms in total. The van der Waals surface area contributed by atoms with Gasteiger partial charge in [0.15, 0.2) is 11.5 Å². The molecule has 0 aliphatic carbocycles. The molecule has 8 heteroatoms. The molecule has 0 unspecified atom stereocenters. The first-order valence-corrected chi connectivity index (χ1v) is 12.0. The van der Waals surface area contributed by atoms with Gasteiger partial charge < -0.3 is 19.7 Å². The highest BCUT2D eigenvalue weighted by molar-refractivity contribution is 6.33. The van der Waals surface area contributed by atoms with Crippen molar-refractivity contribution in [1.29, 1.82) is 0 Å². The molecule has 3 aromatic rings. The minimum Gasteiger partial charge on any atom is -0.493 e. The van der Waals surface area contributed by atoms with Gasteiger partial charge in [-0.2, -0.15) is 0 Å². The molecule has 2 atom stereocenters. The van der Waals surface area contributed by atoms with E-state index in [9.17, 15) is 9.59 Å². The van der Waals surface area contributed by atoms with Crippen LogP contribution in [0.5, 0.6) is 11.5 Å². The fraction of sp³-hybridized carbons (Fsp3) is 0.259. The summed E-state index contributed by atoms with van der Waals surface area (Å²) in [5.41, 5.74) is 1.92. The second kappa shape index (κ2) is 11.0. The number of amides is 2. The van der Waals surface area contributed by atoms with E-state index in [2.05, 4.69) is 5.32 Å². The smallest absolute Gasteiger partial charge is 0.254 e. The van der Waals surface area contributed by atoms with Gasteiger partial charge in [-0.3, -0.25) is 9.59 Å². The van der Waals surface area contributed by atoms with Crippen molar-refractivity contribution in [3.8, 4) is 11.5 Å². The minimum absolute atomic E-state index is 0.110. The van der Waals surface area contributed by atoms with Crippen molar-refractivity contribution in [3.63, 3.8) is 0 Å². The molecule has 1 saturated heterocycles. The van der Waals surface area contributed by atoms with E-state index in [1.54, 1.807) is 54.5 Å². The SMILES string of the molecule is COc1ccc(C(=O)N2CC[C@@H](NC(=O)c3ccccc3Cl)[C@@H](c3ccc(Cl)cc3)C2)cc1OC. The molecule has 1 aliphatic rings. The highest BCUT2D eigenvalue weighted by Gasteiger charge is 2.34. The standard InChI is InChI=1S/C27H26Cl2N2O4/c1-34-24-12-9-18(15-25(24)35-2)27(33)31-14-13-23(21(16-31)17-7-10-19(28)11-8-17)30-26(32)20-5-3-4-6-22(20)29/h3-12,15,21,23H,13-14,16H2,1-2H3,(H,30,32)/t21-,23-/m1/s1. The molecule has 0 radical (unpaired) electrons. The number of piperidine rings is 1. The summed E-state index contributed by atoms with van der Waals surface area (Å²) >= 11 is 12.3. The lowest BCUT2D eigenvalue weighted by Crippen LogP contribution is -2.51. The summed E-state index contributed by atoms with van der Waals surface area (Å²) in [6.07, 6.45) is 0.586. The highest BCUT2D eigenvalue weighted by Crippen LogP contribution is 2.32. The lowest BCUT2D eigenvalue weighted by Gasteiger charge is -2.39. The zero-order chi connectivity index (χ0) is 24.9. The van der Waals surface area contributed by atoms with Gasteiger partial charge in [-0.1, -0.05) is 47.5 Å². The lowest BCUT2D eigenvalue weighted by molar-refractivity contribution is 0.0671. The van der Waals surface area contributed by atoms with Crippen LogP contribution in [0.25, 0.3) is 0 Å². The summed E-state index contributed by atoms with van der Waals surface area (Å²) < 4.78 is 10.6. The van der Waals surface area contributed by atoms with Gasteiger partial charge in [-0.25, -0.2) is 0 Å². The number of hydrogen-bond donors (Lipinski definition) is 1. The van der Waals surface area contributed by atoms with Gasteiger partial charge in [0.2, 0.25) is 0 Å². The van der Waals surface area contributed by atoms with Crippen LogP contribution < -0.4 is 14.8 Å². The van der Waals surface area contributed by atoms with Crippen LogP contribution in [0.4, 0.5) is 0 Å². The second-order valence-corrected chi connectivity index (χ2v) is 9.17. The number of carbonyl (C=O) groups is 2. The summed E-state index contributed by atoms with van der Waals surface area (Å²) in [5.74, 6) is 0.579. The maximum Gasteiger partial charge on any atom is 0.254 e. The van der Waals surface area contributed by atoms with Crippen molar-refractivity contribution in [2.45, 2.75) is 18.4 Å². The molecule has 0 aromatic heterocycles. The molecule has 3 aromatic carbocycles. The fourth-order valence-electron chi connectivity index (χ4n) is 4.40. The Hall–Kier alpha value is -3.22. The quantitative estimate of drug-likeness (QED) is 0.477. The van der Waals surface area contributed by atoms with Gasteiger partial charge >= 0.3 is 0 Å². The van der Waals surface area contributed by atoms with Crippen molar-refractivity contribution in [2.75, 3.05) is 27.3 Å². The largest absolute Gasteiger partial charge is 0.493 e. The third-order valence-corrected chi connectivity index (χ3v) is 6.85. The molecule has 1 fully saturated rings. The number of methoxy groups -OCH3 is 2. The van der Waals surface area contributed by atoms with E-state index in [0.717, 1.165) is 5.56 Å². The summed E-state index contributed by atoms with van der Waals surface area (Å²) in [6, 6.07) is 19.4. The zero-order valence-corrected chi connectivity index (χ0v) is 21.0. The van der Waals surface area contributed by atoms with E-state index in [4.69, 9.17) is 32.7 Å². The topological polar surface area (TPSA) is 67.9 Å². The Morgan fingerprint density at radius 2 is 1.66 bits per heavy atom.